The highest BCUT2D eigenvalue weighted by molar-refractivity contribution is 5.34. The molecule has 1 aromatic rings. The molecule has 0 bridgehead atoms. The number of para-hydroxylation sites is 1. The van der Waals surface area contributed by atoms with Gasteiger partial charge < -0.3 is 5.11 Å². The molecule has 1 atom stereocenters. The lowest BCUT2D eigenvalue weighted by Gasteiger charge is -2.33. The molecule has 2 nitrogen and oxygen atoms in total. The first kappa shape index (κ1) is 13.0. The van der Waals surface area contributed by atoms with E-state index < -0.39 is 0 Å². The van der Waals surface area contributed by atoms with Gasteiger partial charge in [-0.15, -0.1) is 0 Å². The first-order valence-electron chi connectivity index (χ1n) is 6.13. The lowest BCUT2D eigenvalue weighted by molar-refractivity contribution is 0.169. The van der Waals surface area contributed by atoms with E-state index in [9.17, 15) is 5.11 Å². The summed E-state index contributed by atoms with van der Waals surface area (Å²) in [7, 11) is 0. The molecule has 1 aromatic carbocycles. The van der Waals surface area contributed by atoms with Crippen molar-refractivity contribution in [2.24, 2.45) is 5.92 Å². The fourth-order valence-corrected chi connectivity index (χ4v) is 2.33. The van der Waals surface area contributed by atoms with Gasteiger partial charge >= 0.3 is 0 Å². The highest BCUT2D eigenvalue weighted by atomic mass is 16.3. The maximum absolute atomic E-state index is 9.94. The summed E-state index contributed by atoms with van der Waals surface area (Å²) in [5.41, 5.74) is 1.04. The number of rotatable bonds is 5. The zero-order chi connectivity index (χ0) is 12.1. The van der Waals surface area contributed by atoms with Crippen molar-refractivity contribution in [3.8, 4) is 5.75 Å². The molecule has 0 aliphatic heterocycles. The van der Waals surface area contributed by atoms with Gasteiger partial charge in [0.1, 0.15) is 5.75 Å². The molecule has 0 saturated carbocycles. The second-order valence-electron chi connectivity index (χ2n) is 4.47. The second-order valence-corrected chi connectivity index (χ2v) is 4.47. The fourth-order valence-electron chi connectivity index (χ4n) is 2.33. The molecule has 0 radical (unpaired) electrons. The molecule has 0 spiro atoms. The van der Waals surface area contributed by atoms with Crippen LogP contribution in [0.1, 0.15) is 39.3 Å². The normalized spacial score (nSPS) is 13.4. The molecular weight excluding hydrogens is 198 g/mol. The van der Waals surface area contributed by atoms with Crippen molar-refractivity contribution in [3.05, 3.63) is 29.8 Å². The minimum atomic E-state index is 0.302. The predicted octanol–water partition coefficient (Wildman–Crippen LogP) is 3.43. The summed E-state index contributed by atoms with van der Waals surface area (Å²) < 4.78 is 0. The fraction of sp³-hybridized carbons (Fsp3) is 0.571. The minimum absolute atomic E-state index is 0.302. The molecule has 0 aromatic heterocycles. The Balaban J connectivity index is 3.07. The molecule has 0 amide bonds. The number of aromatic hydroxyl groups is 1. The van der Waals surface area contributed by atoms with Crippen LogP contribution in [0.3, 0.4) is 0 Å². The van der Waals surface area contributed by atoms with Gasteiger partial charge in [-0.2, -0.15) is 0 Å². The van der Waals surface area contributed by atoms with Crippen LogP contribution in [0.4, 0.5) is 0 Å². The summed E-state index contributed by atoms with van der Waals surface area (Å²) in [5, 5.41) is 9.94. The average Bonchev–Trinajstić information content (AvgIpc) is 2.27. The van der Waals surface area contributed by atoms with Crippen LogP contribution >= 0.6 is 0 Å². The van der Waals surface area contributed by atoms with Gasteiger partial charge in [0.2, 0.25) is 0 Å². The monoisotopic (exact) mass is 221 g/mol. The van der Waals surface area contributed by atoms with E-state index in [4.69, 9.17) is 0 Å². The molecule has 0 fully saturated rings. The van der Waals surface area contributed by atoms with E-state index >= 15 is 0 Å². The molecule has 0 heterocycles. The van der Waals surface area contributed by atoms with Crippen LogP contribution in [0.5, 0.6) is 5.75 Å². The van der Waals surface area contributed by atoms with Crippen LogP contribution in [-0.4, -0.2) is 23.1 Å². The van der Waals surface area contributed by atoms with Gasteiger partial charge in [-0.1, -0.05) is 45.9 Å². The standard InChI is InChI=1S/C14H23NO/c1-5-15(6-2)14(11(3)4)12-9-7-8-10-13(12)16/h7-11,14,16H,5-6H2,1-4H3. The molecule has 0 aliphatic rings. The van der Waals surface area contributed by atoms with E-state index in [1.807, 2.05) is 18.2 Å². The third-order valence-corrected chi connectivity index (χ3v) is 3.09. The third-order valence-electron chi connectivity index (χ3n) is 3.09. The Bertz CT molecular complexity index is 318. The van der Waals surface area contributed by atoms with Crippen LogP contribution in [0.2, 0.25) is 0 Å². The number of hydrogen-bond acceptors (Lipinski definition) is 2. The Hall–Kier alpha value is -1.02. The third kappa shape index (κ3) is 2.76. The highest BCUT2D eigenvalue weighted by Gasteiger charge is 2.23. The summed E-state index contributed by atoms with van der Waals surface area (Å²) in [6, 6.07) is 7.97. The summed E-state index contributed by atoms with van der Waals surface area (Å²) >= 11 is 0. The van der Waals surface area contributed by atoms with Crippen molar-refractivity contribution >= 4 is 0 Å². The molecule has 0 aliphatic carbocycles. The number of phenols is 1. The van der Waals surface area contributed by atoms with Gasteiger partial charge in [0.05, 0.1) is 0 Å². The van der Waals surface area contributed by atoms with Gasteiger partial charge in [0.15, 0.2) is 0 Å². The van der Waals surface area contributed by atoms with E-state index in [1.165, 1.54) is 0 Å². The summed E-state index contributed by atoms with van der Waals surface area (Å²) in [4.78, 5) is 2.39. The SMILES string of the molecule is CCN(CC)C(c1ccccc1O)C(C)C. The van der Waals surface area contributed by atoms with Crippen molar-refractivity contribution < 1.29 is 5.11 Å². The summed E-state index contributed by atoms with van der Waals surface area (Å²) in [5.74, 6) is 0.904. The second kappa shape index (κ2) is 5.90. The molecule has 1 rings (SSSR count). The molecule has 1 unspecified atom stereocenters. The highest BCUT2D eigenvalue weighted by Crippen LogP contribution is 2.33. The zero-order valence-electron chi connectivity index (χ0n) is 10.8. The van der Waals surface area contributed by atoms with Crippen molar-refractivity contribution in [2.45, 2.75) is 33.7 Å². The Morgan fingerprint density at radius 1 is 1.12 bits per heavy atom. The first-order valence-corrected chi connectivity index (χ1v) is 6.13. The van der Waals surface area contributed by atoms with Crippen LogP contribution in [0, 0.1) is 5.92 Å². The molecule has 1 N–H and O–H groups in total. The molecule has 0 saturated heterocycles. The van der Waals surface area contributed by atoms with Gasteiger partial charge in [-0.25, -0.2) is 0 Å². The molecule has 90 valence electrons. The Morgan fingerprint density at radius 3 is 2.12 bits per heavy atom. The van der Waals surface area contributed by atoms with Gasteiger partial charge in [0.25, 0.3) is 0 Å². The minimum Gasteiger partial charge on any atom is -0.508 e. The van der Waals surface area contributed by atoms with Crippen molar-refractivity contribution in [2.75, 3.05) is 13.1 Å². The van der Waals surface area contributed by atoms with E-state index in [1.54, 1.807) is 6.07 Å². The molecular formula is C14H23NO. The average molecular weight is 221 g/mol. The quantitative estimate of drug-likeness (QED) is 0.823. The van der Waals surface area contributed by atoms with Crippen LogP contribution in [0.15, 0.2) is 24.3 Å². The first-order chi connectivity index (χ1) is 7.61. The number of nitrogens with zero attached hydrogens (tertiary/aromatic N) is 1. The predicted molar refractivity (Wildman–Crippen MR) is 68.6 cm³/mol. The van der Waals surface area contributed by atoms with Crippen LogP contribution < -0.4 is 0 Å². The van der Waals surface area contributed by atoms with E-state index in [0.29, 0.717) is 17.7 Å². The van der Waals surface area contributed by atoms with Crippen LogP contribution in [-0.2, 0) is 0 Å². The van der Waals surface area contributed by atoms with E-state index in [2.05, 4.69) is 32.6 Å². The summed E-state index contributed by atoms with van der Waals surface area (Å²) in [6.07, 6.45) is 0. The number of benzene rings is 1. The Labute approximate surface area is 98.9 Å². The number of hydrogen-bond donors (Lipinski definition) is 1. The topological polar surface area (TPSA) is 23.5 Å². The smallest absolute Gasteiger partial charge is 0.120 e. The zero-order valence-corrected chi connectivity index (χ0v) is 10.8. The van der Waals surface area contributed by atoms with Gasteiger partial charge in [-0.05, 0) is 25.1 Å². The molecule has 2 heteroatoms. The lowest BCUT2D eigenvalue weighted by atomic mass is 9.93. The van der Waals surface area contributed by atoms with Gasteiger partial charge in [0, 0.05) is 11.6 Å². The van der Waals surface area contributed by atoms with E-state index in [-0.39, 0.29) is 0 Å². The van der Waals surface area contributed by atoms with Crippen molar-refractivity contribution in [1.29, 1.82) is 0 Å². The Kier molecular flexibility index (Phi) is 4.81. The lowest BCUT2D eigenvalue weighted by Crippen LogP contribution is -2.31. The van der Waals surface area contributed by atoms with Crippen molar-refractivity contribution in [1.82, 2.24) is 4.90 Å². The van der Waals surface area contributed by atoms with Crippen LogP contribution in [0.25, 0.3) is 0 Å². The van der Waals surface area contributed by atoms with E-state index in [0.717, 1.165) is 18.7 Å². The molecule has 16 heavy (non-hydrogen) atoms. The number of phenolic OH excluding ortho intramolecular Hbond substituents is 1. The van der Waals surface area contributed by atoms with Crippen molar-refractivity contribution in [3.63, 3.8) is 0 Å². The Morgan fingerprint density at radius 2 is 1.69 bits per heavy atom. The summed E-state index contributed by atoms with van der Waals surface area (Å²) in [6.45, 7) is 10.8. The largest absolute Gasteiger partial charge is 0.508 e. The maximum Gasteiger partial charge on any atom is 0.120 e. The maximum atomic E-state index is 9.94. The van der Waals surface area contributed by atoms with Gasteiger partial charge in [-0.3, -0.25) is 4.90 Å².